The molecule has 4 heterocycles. The molecule has 7 nitrogen and oxygen atoms in total. The number of aromatic nitrogens is 4. The Bertz CT molecular complexity index is 846. The molecule has 1 saturated heterocycles. The lowest BCUT2D eigenvalue weighted by Crippen LogP contribution is -2.59. The predicted molar refractivity (Wildman–Crippen MR) is 105 cm³/mol. The van der Waals surface area contributed by atoms with Crippen LogP contribution in [0.4, 0.5) is 11.6 Å². The summed E-state index contributed by atoms with van der Waals surface area (Å²) in [5.74, 6) is 2.00. The van der Waals surface area contributed by atoms with Gasteiger partial charge >= 0.3 is 0 Å². The van der Waals surface area contributed by atoms with E-state index in [1.165, 1.54) is 29.7 Å². The van der Waals surface area contributed by atoms with Crippen molar-refractivity contribution in [3.05, 3.63) is 34.6 Å². The summed E-state index contributed by atoms with van der Waals surface area (Å²) in [4.78, 5) is 6.93. The van der Waals surface area contributed by atoms with Gasteiger partial charge in [0.1, 0.15) is 0 Å². The number of hydrogen-bond acceptors (Lipinski definition) is 7. The van der Waals surface area contributed by atoms with Crippen LogP contribution in [0.15, 0.2) is 12.1 Å². The molecule has 0 spiro atoms. The SMILES string of the molecule is CN1CCc2nnc(N(C)C3CN(c4cc5c(nn4)CCCC5)C3)cc2C1. The molecule has 0 atom stereocenters. The predicted octanol–water partition coefficient (Wildman–Crippen LogP) is 1.46. The molecular formula is C20H27N7. The van der Waals surface area contributed by atoms with Crippen molar-refractivity contribution in [2.45, 2.75) is 44.7 Å². The van der Waals surface area contributed by atoms with Gasteiger partial charge in [-0.2, -0.15) is 10.2 Å². The lowest BCUT2D eigenvalue weighted by molar-refractivity contribution is 0.308. The van der Waals surface area contributed by atoms with Crippen molar-refractivity contribution in [2.75, 3.05) is 43.5 Å². The summed E-state index contributed by atoms with van der Waals surface area (Å²) in [6.45, 7) is 3.95. The van der Waals surface area contributed by atoms with E-state index in [0.717, 1.165) is 62.8 Å². The molecule has 7 heteroatoms. The Morgan fingerprint density at radius 1 is 0.926 bits per heavy atom. The van der Waals surface area contributed by atoms with E-state index in [1.54, 1.807) is 0 Å². The fourth-order valence-corrected chi connectivity index (χ4v) is 4.34. The average Bonchev–Trinajstić information content (AvgIpc) is 2.66. The summed E-state index contributed by atoms with van der Waals surface area (Å²) in [5.41, 5.74) is 5.07. The van der Waals surface area contributed by atoms with E-state index in [-0.39, 0.29) is 0 Å². The highest BCUT2D eigenvalue weighted by molar-refractivity contribution is 5.50. The standard InChI is InChI=1S/C20H27N7/c1-25-8-7-18-15(11-25)10-19(23-22-18)26(2)16-12-27(13-16)20-9-14-5-3-4-6-17(14)21-24-20/h9-10,16H,3-8,11-13H2,1-2H3. The molecule has 0 aromatic carbocycles. The fourth-order valence-electron chi connectivity index (χ4n) is 4.34. The van der Waals surface area contributed by atoms with Crippen LogP contribution in [0.25, 0.3) is 0 Å². The minimum absolute atomic E-state index is 0.441. The summed E-state index contributed by atoms with van der Waals surface area (Å²) in [6.07, 6.45) is 5.75. The first-order chi connectivity index (χ1) is 13.2. The van der Waals surface area contributed by atoms with Crippen LogP contribution in [0.1, 0.15) is 35.4 Å². The molecule has 0 N–H and O–H groups in total. The minimum atomic E-state index is 0.441. The zero-order valence-corrected chi connectivity index (χ0v) is 16.2. The van der Waals surface area contributed by atoms with Crippen molar-refractivity contribution in [3.8, 4) is 0 Å². The lowest BCUT2D eigenvalue weighted by atomic mass is 9.96. The van der Waals surface area contributed by atoms with E-state index in [1.807, 2.05) is 0 Å². The van der Waals surface area contributed by atoms with E-state index in [2.05, 4.69) is 61.3 Å². The summed E-state index contributed by atoms with van der Waals surface area (Å²) < 4.78 is 0. The summed E-state index contributed by atoms with van der Waals surface area (Å²) >= 11 is 0. The van der Waals surface area contributed by atoms with Crippen molar-refractivity contribution < 1.29 is 0 Å². The molecular weight excluding hydrogens is 338 g/mol. The molecule has 1 fully saturated rings. The van der Waals surface area contributed by atoms with E-state index in [4.69, 9.17) is 0 Å². The number of likely N-dealkylation sites (N-methyl/N-ethyl adjacent to an activating group) is 2. The van der Waals surface area contributed by atoms with Crippen LogP contribution in [-0.4, -0.2) is 65.1 Å². The fraction of sp³-hybridized carbons (Fsp3) is 0.600. The molecule has 0 radical (unpaired) electrons. The summed E-state index contributed by atoms with van der Waals surface area (Å²) in [6, 6.07) is 4.92. The van der Waals surface area contributed by atoms with Crippen molar-refractivity contribution in [2.24, 2.45) is 0 Å². The molecule has 0 bridgehead atoms. The first-order valence-electron chi connectivity index (χ1n) is 10.0. The van der Waals surface area contributed by atoms with Crippen LogP contribution in [0.2, 0.25) is 0 Å². The van der Waals surface area contributed by atoms with Gasteiger partial charge in [0.25, 0.3) is 0 Å². The Morgan fingerprint density at radius 2 is 1.70 bits per heavy atom. The monoisotopic (exact) mass is 365 g/mol. The molecule has 5 rings (SSSR count). The zero-order chi connectivity index (χ0) is 18.4. The van der Waals surface area contributed by atoms with Gasteiger partial charge in [0.15, 0.2) is 11.6 Å². The number of hydrogen-bond donors (Lipinski definition) is 0. The van der Waals surface area contributed by atoms with Gasteiger partial charge in [-0.15, -0.1) is 10.2 Å². The Labute approximate surface area is 160 Å². The van der Waals surface area contributed by atoms with Crippen molar-refractivity contribution in [1.82, 2.24) is 25.3 Å². The van der Waals surface area contributed by atoms with Gasteiger partial charge in [-0.05, 0) is 56.0 Å². The van der Waals surface area contributed by atoms with Gasteiger partial charge in [-0.25, -0.2) is 0 Å². The number of anilines is 2. The van der Waals surface area contributed by atoms with E-state index in [9.17, 15) is 0 Å². The molecule has 0 saturated carbocycles. The minimum Gasteiger partial charge on any atom is -0.352 e. The third-order valence-corrected chi connectivity index (χ3v) is 6.27. The summed E-state index contributed by atoms with van der Waals surface area (Å²) in [5, 5.41) is 17.9. The van der Waals surface area contributed by atoms with Crippen molar-refractivity contribution in [3.63, 3.8) is 0 Å². The second kappa shape index (κ2) is 6.71. The highest BCUT2D eigenvalue weighted by Gasteiger charge is 2.33. The normalized spacial score (nSPS) is 20.0. The quantitative estimate of drug-likeness (QED) is 0.816. The highest BCUT2D eigenvalue weighted by atomic mass is 15.4. The van der Waals surface area contributed by atoms with Crippen molar-refractivity contribution in [1.29, 1.82) is 0 Å². The van der Waals surface area contributed by atoms with Gasteiger partial charge in [0.2, 0.25) is 0 Å². The van der Waals surface area contributed by atoms with E-state index >= 15 is 0 Å². The van der Waals surface area contributed by atoms with E-state index < -0.39 is 0 Å². The second-order valence-electron chi connectivity index (χ2n) is 8.21. The largest absolute Gasteiger partial charge is 0.352 e. The Morgan fingerprint density at radius 3 is 2.59 bits per heavy atom. The molecule has 1 aliphatic carbocycles. The first kappa shape index (κ1) is 16.9. The van der Waals surface area contributed by atoms with Crippen molar-refractivity contribution >= 4 is 11.6 Å². The topological polar surface area (TPSA) is 61.3 Å². The molecule has 2 aromatic rings. The van der Waals surface area contributed by atoms with Gasteiger partial charge in [-0.3, -0.25) is 0 Å². The van der Waals surface area contributed by atoms with Crippen LogP contribution in [0, 0.1) is 0 Å². The first-order valence-corrected chi connectivity index (χ1v) is 10.0. The number of aryl methyl sites for hydroxylation is 2. The van der Waals surface area contributed by atoms with Gasteiger partial charge < -0.3 is 14.7 Å². The Balaban J connectivity index is 1.26. The van der Waals surface area contributed by atoms with Crippen LogP contribution in [-0.2, 0) is 25.8 Å². The summed E-state index contributed by atoms with van der Waals surface area (Å²) in [7, 11) is 4.29. The molecule has 27 heavy (non-hydrogen) atoms. The smallest absolute Gasteiger partial charge is 0.151 e. The van der Waals surface area contributed by atoms with Gasteiger partial charge in [-0.1, -0.05) is 0 Å². The third-order valence-electron chi connectivity index (χ3n) is 6.27. The molecule has 0 amide bonds. The van der Waals surface area contributed by atoms with Crippen LogP contribution >= 0.6 is 0 Å². The van der Waals surface area contributed by atoms with Gasteiger partial charge in [0, 0.05) is 39.6 Å². The number of fused-ring (bicyclic) bond motifs is 2. The lowest BCUT2D eigenvalue weighted by Gasteiger charge is -2.45. The maximum Gasteiger partial charge on any atom is 0.151 e. The van der Waals surface area contributed by atoms with Crippen LogP contribution in [0.3, 0.4) is 0 Å². The molecule has 2 aliphatic heterocycles. The van der Waals surface area contributed by atoms with Crippen LogP contribution < -0.4 is 9.80 Å². The Kier molecular flexibility index (Phi) is 4.19. The van der Waals surface area contributed by atoms with E-state index in [0.29, 0.717) is 6.04 Å². The molecule has 142 valence electrons. The van der Waals surface area contributed by atoms with Crippen LogP contribution in [0.5, 0.6) is 0 Å². The maximum atomic E-state index is 4.49. The zero-order valence-electron chi connectivity index (χ0n) is 16.2. The Hall–Kier alpha value is -2.28. The number of nitrogens with zero attached hydrogens (tertiary/aromatic N) is 7. The average molecular weight is 365 g/mol. The molecule has 2 aromatic heterocycles. The molecule has 3 aliphatic rings. The third kappa shape index (κ3) is 3.14. The second-order valence-corrected chi connectivity index (χ2v) is 8.21. The number of rotatable bonds is 3. The highest BCUT2D eigenvalue weighted by Crippen LogP contribution is 2.28. The molecule has 0 unspecified atom stereocenters. The van der Waals surface area contributed by atoms with Gasteiger partial charge in [0.05, 0.1) is 17.4 Å². The maximum absolute atomic E-state index is 4.49.